The standard InChI is InChI=1S/C13H19F2NS/c1-13(2,9-16)6-3-7-17-10-4-5-11(14)12(15)8-10/h4-5,8H,3,6-7,9,16H2,1-2H3. The number of nitrogens with two attached hydrogens (primary N) is 1. The normalized spacial score (nSPS) is 11.8. The Morgan fingerprint density at radius 3 is 2.53 bits per heavy atom. The molecule has 0 saturated carbocycles. The minimum Gasteiger partial charge on any atom is -0.330 e. The van der Waals surface area contributed by atoms with E-state index in [1.54, 1.807) is 17.8 Å². The highest BCUT2D eigenvalue weighted by Crippen LogP contribution is 2.25. The predicted molar refractivity (Wildman–Crippen MR) is 69.2 cm³/mol. The van der Waals surface area contributed by atoms with Crippen molar-refractivity contribution in [3.05, 3.63) is 29.8 Å². The van der Waals surface area contributed by atoms with Gasteiger partial charge in [-0.15, -0.1) is 11.8 Å². The second-order valence-corrected chi connectivity index (χ2v) is 6.06. The van der Waals surface area contributed by atoms with E-state index in [0.717, 1.165) is 23.5 Å². The van der Waals surface area contributed by atoms with Crippen LogP contribution in [0.3, 0.4) is 0 Å². The predicted octanol–water partition coefficient (Wildman–Crippen LogP) is 3.82. The molecule has 0 bridgehead atoms. The molecule has 0 heterocycles. The molecule has 17 heavy (non-hydrogen) atoms. The van der Waals surface area contributed by atoms with E-state index in [-0.39, 0.29) is 5.41 Å². The highest BCUT2D eigenvalue weighted by Gasteiger charge is 2.14. The fourth-order valence-corrected chi connectivity index (χ4v) is 2.28. The number of halogens is 2. The summed E-state index contributed by atoms with van der Waals surface area (Å²) in [5.74, 6) is -0.676. The average Bonchev–Trinajstić information content (AvgIpc) is 2.29. The van der Waals surface area contributed by atoms with Crippen LogP contribution in [-0.2, 0) is 0 Å². The van der Waals surface area contributed by atoms with E-state index in [4.69, 9.17) is 5.73 Å². The Balaban J connectivity index is 2.34. The third-order valence-electron chi connectivity index (χ3n) is 2.71. The van der Waals surface area contributed by atoms with Crippen molar-refractivity contribution in [3.8, 4) is 0 Å². The van der Waals surface area contributed by atoms with E-state index < -0.39 is 11.6 Å². The molecular formula is C13H19F2NS. The van der Waals surface area contributed by atoms with Crippen molar-refractivity contribution >= 4 is 11.8 Å². The van der Waals surface area contributed by atoms with Crippen molar-refractivity contribution < 1.29 is 8.78 Å². The fraction of sp³-hybridized carbons (Fsp3) is 0.538. The lowest BCUT2D eigenvalue weighted by Crippen LogP contribution is -2.23. The zero-order chi connectivity index (χ0) is 12.9. The summed E-state index contributed by atoms with van der Waals surface area (Å²) in [7, 11) is 0. The second kappa shape index (κ2) is 6.36. The van der Waals surface area contributed by atoms with Gasteiger partial charge in [0, 0.05) is 4.90 Å². The van der Waals surface area contributed by atoms with E-state index in [2.05, 4.69) is 13.8 Å². The summed E-state index contributed by atoms with van der Waals surface area (Å²) < 4.78 is 25.6. The van der Waals surface area contributed by atoms with Gasteiger partial charge in [0.2, 0.25) is 0 Å². The summed E-state index contributed by atoms with van der Waals surface area (Å²) in [6.07, 6.45) is 2.06. The summed E-state index contributed by atoms with van der Waals surface area (Å²) in [5, 5.41) is 0. The van der Waals surface area contributed by atoms with Gasteiger partial charge in [0.15, 0.2) is 11.6 Å². The van der Waals surface area contributed by atoms with Crippen LogP contribution in [0.15, 0.2) is 23.1 Å². The lowest BCUT2D eigenvalue weighted by molar-refractivity contribution is 0.345. The Kier molecular flexibility index (Phi) is 5.40. The Morgan fingerprint density at radius 2 is 1.94 bits per heavy atom. The number of rotatable bonds is 6. The van der Waals surface area contributed by atoms with Gasteiger partial charge in [-0.05, 0) is 48.8 Å². The lowest BCUT2D eigenvalue weighted by Gasteiger charge is -2.21. The lowest BCUT2D eigenvalue weighted by atomic mass is 9.88. The van der Waals surface area contributed by atoms with Crippen molar-refractivity contribution in [1.82, 2.24) is 0 Å². The summed E-state index contributed by atoms with van der Waals surface area (Å²) in [6.45, 7) is 4.94. The first kappa shape index (κ1) is 14.5. The van der Waals surface area contributed by atoms with Gasteiger partial charge in [-0.3, -0.25) is 0 Å². The maximum absolute atomic E-state index is 12.9. The minimum absolute atomic E-state index is 0.161. The highest BCUT2D eigenvalue weighted by atomic mass is 32.2. The maximum Gasteiger partial charge on any atom is 0.159 e. The van der Waals surface area contributed by atoms with Crippen molar-refractivity contribution in [2.75, 3.05) is 12.3 Å². The second-order valence-electron chi connectivity index (χ2n) is 4.90. The van der Waals surface area contributed by atoms with Crippen molar-refractivity contribution in [1.29, 1.82) is 0 Å². The number of thioether (sulfide) groups is 1. The Hall–Kier alpha value is -0.610. The molecule has 0 spiro atoms. The van der Waals surface area contributed by atoms with E-state index in [0.29, 0.717) is 6.54 Å². The smallest absolute Gasteiger partial charge is 0.159 e. The van der Waals surface area contributed by atoms with Gasteiger partial charge in [0.25, 0.3) is 0 Å². The van der Waals surface area contributed by atoms with Crippen LogP contribution in [0.25, 0.3) is 0 Å². The van der Waals surface area contributed by atoms with E-state index in [1.807, 2.05) is 0 Å². The van der Waals surface area contributed by atoms with Gasteiger partial charge in [0.1, 0.15) is 0 Å². The van der Waals surface area contributed by atoms with Gasteiger partial charge in [0.05, 0.1) is 0 Å². The molecule has 1 aromatic carbocycles. The van der Waals surface area contributed by atoms with Crippen molar-refractivity contribution in [2.45, 2.75) is 31.6 Å². The highest BCUT2D eigenvalue weighted by molar-refractivity contribution is 7.99. The van der Waals surface area contributed by atoms with Crippen molar-refractivity contribution in [3.63, 3.8) is 0 Å². The first-order valence-corrected chi connectivity index (χ1v) is 6.71. The molecule has 1 rings (SSSR count). The number of benzene rings is 1. The first-order chi connectivity index (χ1) is 7.94. The van der Waals surface area contributed by atoms with Gasteiger partial charge < -0.3 is 5.73 Å². The van der Waals surface area contributed by atoms with Crippen LogP contribution in [0, 0.1) is 17.0 Å². The van der Waals surface area contributed by atoms with Gasteiger partial charge in [-0.25, -0.2) is 8.78 Å². The molecule has 0 atom stereocenters. The topological polar surface area (TPSA) is 26.0 Å². The SMILES string of the molecule is CC(C)(CN)CCCSc1ccc(F)c(F)c1. The van der Waals surface area contributed by atoms with Crippen LogP contribution < -0.4 is 5.73 Å². The Morgan fingerprint density at radius 1 is 1.24 bits per heavy atom. The van der Waals surface area contributed by atoms with Crippen molar-refractivity contribution in [2.24, 2.45) is 11.1 Å². The van der Waals surface area contributed by atoms with Crippen LogP contribution >= 0.6 is 11.8 Å². The van der Waals surface area contributed by atoms with Crippen LogP contribution in [0.5, 0.6) is 0 Å². The van der Waals surface area contributed by atoms with Gasteiger partial charge >= 0.3 is 0 Å². The molecule has 0 aromatic heterocycles. The minimum atomic E-state index is -0.793. The summed E-state index contributed by atoms with van der Waals surface area (Å²) in [5.41, 5.74) is 5.80. The first-order valence-electron chi connectivity index (χ1n) is 5.72. The molecular weight excluding hydrogens is 240 g/mol. The maximum atomic E-state index is 12.9. The molecule has 0 fully saturated rings. The third-order valence-corrected chi connectivity index (χ3v) is 3.79. The molecule has 0 aliphatic rings. The summed E-state index contributed by atoms with van der Waals surface area (Å²) in [4.78, 5) is 0.773. The summed E-state index contributed by atoms with van der Waals surface area (Å²) in [6, 6.07) is 4.02. The van der Waals surface area contributed by atoms with E-state index >= 15 is 0 Å². The molecule has 0 radical (unpaired) electrons. The van der Waals surface area contributed by atoms with Crippen LogP contribution in [-0.4, -0.2) is 12.3 Å². The van der Waals surface area contributed by atoms with Gasteiger partial charge in [-0.1, -0.05) is 13.8 Å². The van der Waals surface area contributed by atoms with Crippen LogP contribution in [0.4, 0.5) is 8.78 Å². The quantitative estimate of drug-likeness (QED) is 0.621. The molecule has 1 aromatic rings. The largest absolute Gasteiger partial charge is 0.330 e. The molecule has 0 unspecified atom stereocenters. The number of hydrogen-bond donors (Lipinski definition) is 1. The van der Waals surface area contributed by atoms with Gasteiger partial charge in [-0.2, -0.15) is 0 Å². The molecule has 0 amide bonds. The zero-order valence-corrected chi connectivity index (χ0v) is 11.1. The molecule has 1 nitrogen and oxygen atoms in total. The monoisotopic (exact) mass is 259 g/mol. The Bertz CT molecular complexity index is 366. The van der Waals surface area contributed by atoms with E-state index in [9.17, 15) is 8.78 Å². The zero-order valence-electron chi connectivity index (χ0n) is 10.3. The van der Waals surface area contributed by atoms with E-state index in [1.165, 1.54) is 12.1 Å². The van der Waals surface area contributed by atoms with Crippen LogP contribution in [0.2, 0.25) is 0 Å². The number of hydrogen-bond acceptors (Lipinski definition) is 2. The third kappa shape index (κ3) is 5.04. The average molecular weight is 259 g/mol. The molecule has 4 heteroatoms. The fourth-order valence-electron chi connectivity index (χ4n) is 1.41. The molecule has 0 aliphatic heterocycles. The molecule has 0 aliphatic carbocycles. The van der Waals surface area contributed by atoms with Crippen LogP contribution in [0.1, 0.15) is 26.7 Å². The molecule has 0 saturated heterocycles. The Labute approximate surface area is 106 Å². The summed E-state index contributed by atoms with van der Waals surface area (Å²) >= 11 is 1.55. The molecule has 2 N–H and O–H groups in total. The molecule has 96 valence electrons.